The van der Waals surface area contributed by atoms with Crippen molar-refractivity contribution in [2.45, 2.75) is 37.3 Å². The summed E-state index contributed by atoms with van der Waals surface area (Å²) < 4.78 is 32.0. The minimum absolute atomic E-state index is 0.108. The Kier molecular flexibility index (Phi) is 10.7. The average Bonchev–Trinajstić information content (AvgIpc) is 3.64. The molecule has 1 saturated heterocycles. The lowest BCUT2D eigenvalue weighted by atomic mass is 9.97. The third-order valence-corrected chi connectivity index (χ3v) is 8.64. The molecule has 0 spiro atoms. The number of fused-ring (bicyclic) bond motifs is 1. The number of amides is 1. The van der Waals surface area contributed by atoms with Gasteiger partial charge in [0.25, 0.3) is 5.91 Å². The molecule has 272 valence electrons. The van der Waals surface area contributed by atoms with Gasteiger partial charge in [0.15, 0.2) is 36.1 Å². The number of nitrogens with zero attached hydrogens (tertiary/aromatic N) is 4. The first-order chi connectivity index (χ1) is 26.4. The molecule has 0 radical (unpaired) electrons. The van der Waals surface area contributed by atoms with E-state index < -0.39 is 54.5 Å². The Bertz CT molecular complexity index is 2240. The number of benzene rings is 4. The number of carbonyl (C=O) groups excluding carboxylic acids is 4. The maximum absolute atomic E-state index is 13.7. The summed E-state index contributed by atoms with van der Waals surface area (Å²) in [5.41, 5.74) is 1.63. The van der Waals surface area contributed by atoms with E-state index in [-0.39, 0.29) is 34.7 Å². The fraction of sp³-hybridized carbons (Fsp3) is 0.175. The molecule has 3 heterocycles. The Morgan fingerprint density at radius 2 is 1.11 bits per heavy atom. The van der Waals surface area contributed by atoms with Crippen LogP contribution in [0.25, 0.3) is 11.2 Å². The molecule has 0 saturated carbocycles. The lowest BCUT2D eigenvalue weighted by Crippen LogP contribution is -2.62. The molecule has 0 aliphatic carbocycles. The van der Waals surface area contributed by atoms with E-state index in [0.29, 0.717) is 11.1 Å². The minimum Gasteiger partial charge on any atom is -0.452 e. The van der Waals surface area contributed by atoms with E-state index in [1.54, 1.807) is 126 Å². The van der Waals surface area contributed by atoms with Crippen molar-refractivity contribution in [3.05, 3.63) is 156 Å². The third kappa shape index (κ3) is 7.84. The van der Waals surface area contributed by atoms with Crippen LogP contribution in [0.2, 0.25) is 0 Å². The summed E-state index contributed by atoms with van der Waals surface area (Å²) in [5.74, 6) is -2.54. The summed E-state index contributed by atoms with van der Waals surface area (Å²) in [7, 11) is 1.34. The van der Waals surface area contributed by atoms with E-state index in [9.17, 15) is 19.2 Å². The van der Waals surface area contributed by atoms with Crippen molar-refractivity contribution >= 4 is 40.8 Å². The molecular formula is C40H33N5O9. The summed E-state index contributed by atoms with van der Waals surface area (Å²) in [4.78, 5) is 67.1. The van der Waals surface area contributed by atoms with Gasteiger partial charge in [0.1, 0.15) is 17.9 Å². The molecule has 14 nitrogen and oxygen atoms in total. The molecule has 1 amide bonds. The normalized spacial score (nSPS) is 19.4. The molecule has 2 aromatic heterocycles. The largest absolute Gasteiger partial charge is 0.452 e. The maximum atomic E-state index is 13.7. The summed E-state index contributed by atoms with van der Waals surface area (Å²) in [5, 5.41) is 2.82. The third-order valence-electron chi connectivity index (χ3n) is 8.64. The number of nitrogens with one attached hydrogen (secondary N) is 1. The van der Waals surface area contributed by atoms with Crippen molar-refractivity contribution in [2.24, 2.45) is 0 Å². The smallest absolute Gasteiger partial charge is 0.338 e. The Labute approximate surface area is 308 Å². The number of ether oxygens (including phenoxy) is 5. The molecule has 1 aliphatic heterocycles. The first-order valence-corrected chi connectivity index (χ1v) is 16.9. The van der Waals surface area contributed by atoms with Crippen LogP contribution >= 0.6 is 0 Å². The highest BCUT2D eigenvalue weighted by Gasteiger charge is 2.53. The van der Waals surface area contributed by atoms with Gasteiger partial charge in [-0.25, -0.2) is 29.3 Å². The molecule has 6 aromatic rings. The molecule has 0 unspecified atom stereocenters. The number of rotatable bonds is 11. The summed E-state index contributed by atoms with van der Waals surface area (Å²) in [6, 6.07) is 33.3. The Balaban J connectivity index is 1.28. The first kappa shape index (κ1) is 35.6. The van der Waals surface area contributed by atoms with Gasteiger partial charge in [-0.1, -0.05) is 72.8 Å². The predicted octanol–water partition coefficient (Wildman–Crippen LogP) is 5.13. The highest BCUT2D eigenvalue weighted by atomic mass is 16.7. The van der Waals surface area contributed by atoms with Gasteiger partial charge in [-0.2, -0.15) is 0 Å². The summed E-state index contributed by atoms with van der Waals surface area (Å²) >= 11 is 0. The molecule has 4 aromatic carbocycles. The van der Waals surface area contributed by atoms with E-state index in [4.69, 9.17) is 23.7 Å². The fourth-order valence-electron chi connectivity index (χ4n) is 6.02. The van der Waals surface area contributed by atoms with Crippen LogP contribution < -0.4 is 5.32 Å². The molecule has 5 atom stereocenters. The monoisotopic (exact) mass is 727 g/mol. The van der Waals surface area contributed by atoms with E-state index >= 15 is 0 Å². The second-order valence-electron chi connectivity index (χ2n) is 12.1. The first-order valence-electron chi connectivity index (χ1n) is 16.9. The van der Waals surface area contributed by atoms with Crippen LogP contribution in [0.4, 0.5) is 5.82 Å². The number of methoxy groups -OCH3 is 1. The quantitative estimate of drug-likeness (QED) is 0.138. The Morgan fingerprint density at radius 3 is 1.63 bits per heavy atom. The zero-order valence-electron chi connectivity index (χ0n) is 28.8. The van der Waals surface area contributed by atoms with Crippen molar-refractivity contribution in [3.63, 3.8) is 0 Å². The lowest BCUT2D eigenvalue weighted by Gasteiger charge is -2.44. The van der Waals surface area contributed by atoms with E-state index in [1.165, 1.54) is 19.8 Å². The van der Waals surface area contributed by atoms with Crippen molar-refractivity contribution in [2.75, 3.05) is 12.4 Å². The van der Waals surface area contributed by atoms with Crippen LogP contribution in [0.15, 0.2) is 134 Å². The van der Waals surface area contributed by atoms with Gasteiger partial charge in [-0.3, -0.25) is 4.79 Å². The van der Waals surface area contributed by atoms with Crippen molar-refractivity contribution in [1.82, 2.24) is 19.5 Å². The van der Waals surface area contributed by atoms with Crippen LogP contribution in [0.3, 0.4) is 0 Å². The summed E-state index contributed by atoms with van der Waals surface area (Å²) in [6.45, 7) is -0.108. The number of carbonyl (C=O) groups is 4. The van der Waals surface area contributed by atoms with E-state index in [2.05, 4.69) is 20.3 Å². The number of imidazole rings is 1. The predicted molar refractivity (Wildman–Crippen MR) is 192 cm³/mol. The van der Waals surface area contributed by atoms with Crippen LogP contribution in [0.5, 0.6) is 0 Å². The molecule has 14 heteroatoms. The van der Waals surface area contributed by atoms with Gasteiger partial charge in [-0.05, 0) is 48.5 Å². The Hall–Kier alpha value is -6.77. The number of hydrogen-bond donors (Lipinski definition) is 1. The lowest BCUT2D eigenvalue weighted by molar-refractivity contribution is -0.289. The van der Waals surface area contributed by atoms with Gasteiger partial charge in [0.05, 0.1) is 29.6 Å². The second-order valence-corrected chi connectivity index (χ2v) is 12.1. The standard InChI is InChI=1S/C40H33N5O9/c1-50-40-33(54-39(49)28-20-12-5-13-21-28)32(53-38(48)27-18-10-4-11-19-27)31(52-37(47)26-16-8-3-9-17-26)29(51-40)22-45-24-43-34-30(45)35(42-23-41-34)44-36(46)25-14-6-2-7-15-25/h2-21,23-24,29,31-33,40H,22H2,1H3,(H,41,42,44,46)/t29-,31-,32+,33-,40+/m1/s1. The average molecular weight is 728 g/mol. The highest BCUT2D eigenvalue weighted by Crippen LogP contribution is 2.33. The van der Waals surface area contributed by atoms with Crippen molar-refractivity contribution in [3.8, 4) is 0 Å². The number of aromatic nitrogens is 4. The SMILES string of the molecule is CO[C@H]1O[C@H](Cn2cnc3ncnc(NC(=O)c4ccccc4)c32)[C@@H](OC(=O)c2ccccc2)[C@H](OC(=O)c2ccccc2)[C@H]1OC(=O)c1ccccc1. The zero-order chi connectivity index (χ0) is 37.4. The van der Waals surface area contributed by atoms with Gasteiger partial charge < -0.3 is 33.6 Å². The molecule has 1 fully saturated rings. The maximum Gasteiger partial charge on any atom is 0.338 e. The zero-order valence-corrected chi connectivity index (χ0v) is 28.8. The molecule has 1 N–H and O–H groups in total. The molecule has 0 bridgehead atoms. The van der Waals surface area contributed by atoms with Gasteiger partial charge in [-0.15, -0.1) is 0 Å². The van der Waals surface area contributed by atoms with E-state index in [1.807, 2.05) is 0 Å². The Morgan fingerprint density at radius 1 is 0.630 bits per heavy atom. The van der Waals surface area contributed by atoms with Gasteiger partial charge >= 0.3 is 17.9 Å². The fourth-order valence-corrected chi connectivity index (χ4v) is 6.02. The number of esters is 3. The van der Waals surface area contributed by atoms with Crippen LogP contribution in [-0.2, 0) is 30.2 Å². The second kappa shape index (κ2) is 16.3. The molecule has 54 heavy (non-hydrogen) atoms. The topological polar surface area (TPSA) is 170 Å². The van der Waals surface area contributed by atoms with E-state index in [0.717, 1.165) is 0 Å². The number of hydrogen-bond acceptors (Lipinski definition) is 12. The van der Waals surface area contributed by atoms with Crippen molar-refractivity contribution in [1.29, 1.82) is 0 Å². The minimum atomic E-state index is -1.45. The van der Waals surface area contributed by atoms with Crippen LogP contribution in [-0.4, -0.2) is 81.1 Å². The van der Waals surface area contributed by atoms with Gasteiger partial charge in [0.2, 0.25) is 0 Å². The van der Waals surface area contributed by atoms with Crippen LogP contribution in [0, 0.1) is 0 Å². The van der Waals surface area contributed by atoms with Crippen LogP contribution in [0.1, 0.15) is 41.4 Å². The molecular weight excluding hydrogens is 694 g/mol. The van der Waals surface area contributed by atoms with Crippen molar-refractivity contribution < 1.29 is 42.9 Å². The molecule has 1 aliphatic rings. The van der Waals surface area contributed by atoms with Gasteiger partial charge in [0, 0.05) is 12.7 Å². The molecule has 7 rings (SSSR count). The highest BCUT2D eigenvalue weighted by molar-refractivity contribution is 6.06. The summed E-state index contributed by atoms with van der Waals surface area (Å²) in [6.07, 6.45) is -3.97. The number of anilines is 1.